The van der Waals surface area contributed by atoms with Crippen molar-refractivity contribution in [3.8, 4) is 11.5 Å². The minimum Gasteiger partial charge on any atom is -0.493 e. The molecule has 2 N–H and O–H groups in total. The molecule has 1 aromatic heterocycles. The second-order valence-corrected chi connectivity index (χ2v) is 12.2. The topological polar surface area (TPSA) is 109 Å². The molecule has 1 heterocycles. The highest BCUT2D eigenvalue weighted by molar-refractivity contribution is 5.80. The highest BCUT2D eigenvalue weighted by Crippen LogP contribution is 2.30. The Labute approximate surface area is 275 Å². The summed E-state index contributed by atoms with van der Waals surface area (Å²) in [6, 6.07) is 16.8. The second kappa shape index (κ2) is 21.8. The second-order valence-electron chi connectivity index (χ2n) is 12.2. The van der Waals surface area contributed by atoms with E-state index >= 15 is 0 Å². The molecule has 0 aliphatic carbocycles. The number of aliphatic carboxylic acids is 2. The van der Waals surface area contributed by atoms with E-state index in [2.05, 4.69) is 11.9 Å². The van der Waals surface area contributed by atoms with Crippen LogP contribution in [0.5, 0.6) is 11.5 Å². The van der Waals surface area contributed by atoms with Crippen LogP contribution >= 0.6 is 0 Å². The van der Waals surface area contributed by atoms with E-state index in [1.165, 1.54) is 94.8 Å². The summed E-state index contributed by atoms with van der Waals surface area (Å²) >= 11 is 0. The van der Waals surface area contributed by atoms with E-state index in [1.807, 2.05) is 36.4 Å². The van der Waals surface area contributed by atoms with Gasteiger partial charge in [0.2, 0.25) is 0 Å². The van der Waals surface area contributed by atoms with Gasteiger partial charge in [-0.05, 0) is 18.6 Å². The van der Waals surface area contributed by atoms with Crippen LogP contribution in [0, 0.1) is 0 Å². The van der Waals surface area contributed by atoms with E-state index < -0.39 is 25.0 Å². The van der Waals surface area contributed by atoms with Gasteiger partial charge in [-0.1, -0.05) is 128 Å². The molecule has 0 spiro atoms. The Bertz CT molecular complexity index is 1300. The van der Waals surface area contributed by atoms with Crippen molar-refractivity contribution in [1.29, 1.82) is 0 Å². The number of ether oxygens (including phenoxy) is 2. The summed E-state index contributed by atoms with van der Waals surface area (Å²) < 4.78 is 12.1. The number of carbonyl (C=O) groups is 2. The monoisotopic (exact) mass is 634 g/mol. The summed E-state index contributed by atoms with van der Waals surface area (Å²) in [4.78, 5) is 28.9. The van der Waals surface area contributed by atoms with Crippen LogP contribution in [-0.2, 0) is 16.2 Å². The molecule has 8 heteroatoms. The highest BCUT2D eigenvalue weighted by Gasteiger charge is 2.17. The molecule has 0 aliphatic heterocycles. The third-order valence-corrected chi connectivity index (χ3v) is 8.19. The molecule has 0 radical (unpaired) electrons. The highest BCUT2D eigenvalue weighted by atomic mass is 16.5. The van der Waals surface area contributed by atoms with Crippen LogP contribution in [0.25, 0.3) is 10.9 Å². The zero-order valence-corrected chi connectivity index (χ0v) is 27.8. The van der Waals surface area contributed by atoms with Gasteiger partial charge in [0, 0.05) is 29.3 Å². The third kappa shape index (κ3) is 15.0. The first-order valence-electron chi connectivity index (χ1n) is 17.4. The van der Waals surface area contributed by atoms with Gasteiger partial charge in [-0.3, -0.25) is 9.59 Å². The van der Waals surface area contributed by atoms with Crippen molar-refractivity contribution >= 4 is 28.5 Å². The van der Waals surface area contributed by atoms with Gasteiger partial charge in [0.25, 0.3) is 0 Å². The van der Waals surface area contributed by atoms with Gasteiger partial charge >= 0.3 is 11.9 Å². The molecule has 0 fully saturated rings. The molecular formula is C38H54N2O6. The standard InChI is InChI=1S/C38H54N2O6/c1-2-3-4-5-6-7-8-9-10-11-12-13-14-15-16-19-24-45-34-25-33(40(28-37(41)42)29-38(43)44)26-35(27-34)46-30-32-23-22-31-20-17-18-21-36(31)39-32/h17-18,20-23,25-27H,2-16,19,24,28-30H2,1H3,(H,41,42)(H,43,44). The van der Waals surface area contributed by atoms with Crippen LogP contribution in [0.2, 0.25) is 0 Å². The molecule has 8 nitrogen and oxygen atoms in total. The molecule has 0 saturated heterocycles. The van der Waals surface area contributed by atoms with E-state index in [1.54, 1.807) is 18.2 Å². The lowest BCUT2D eigenvalue weighted by Gasteiger charge is -2.22. The normalized spacial score (nSPS) is 11.1. The van der Waals surface area contributed by atoms with Gasteiger partial charge in [-0.2, -0.15) is 0 Å². The lowest BCUT2D eigenvalue weighted by molar-refractivity contribution is -0.136. The molecule has 46 heavy (non-hydrogen) atoms. The first kappa shape index (κ1) is 36.7. The van der Waals surface area contributed by atoms with Gasteiger partial charge < -0.3 is 24.6 Å². The van der Waals surface area contributed by atoms with Crippen molar-refractivity contribution in [3.63, 3.8) is 0 Å². The number of rotatable bonds is 26. The average Bonchev–Trinajstić information content (AvgIpc) is 3.04. The maximum absolute atomic E-state index is 11.5. The van der Waals surface area contributed by atoms with Gasteiger partial charge in [-0.15, -0.1) is 0 Å². The Kier molecular flexibility index (Phi) is 17.4. The maximum atomic E-state index is 11.5. The molecule has 252 valence electrons. The van der Waals surface area contributed by atoms with Crippen LogP contribution in [0.3, 0.4) is 0 Å². The van der Waals surface area contributed by atoms with Gasteiger partial charge in [0.1, 0.15) is 31.2 Å². The van der Waals surface area contributed by atoms with E-state index in [4.69, 9.17) is 9.47 Å². The molecule has 0 unspecified atom stereocenters. The zero-order chi connectivity index (χ0) is 32.8. The summed E-state index contributed by atoms with van der Waals surface area (Å²) in [5.41, 5.74) is 2.03. The van der Waals surface area contributed by atoms with Gasteiger partial charge in [-0.25, -0.2) is 4.98 Å². The number of para-hydroxylation sites is 1. The molecule has 3 aromatic rings. The molecular weight excluding hydrogens is 580 g/mol. The number of hydrogen-bond acceptors (Lipinski definition) is 6. The Morgan fingerprint density at radius 3 is 1.74 bits per heavy atom. The Balaban J connectivity index is 1.42. The van der Waals surface area contributed by atoms with Crippen molar-refractivity contribution in [2.45, 2.75) is 116 Å². The number of nitrogens with zero attached hydrogens (tertiary/aromatic N) is 2. The fourth-order valence-electron chi connectivity index (χ4n) is 5.66. The average molecular weight is 635 g/mol. The lowest BCUT2D eigenvalue weighted by atomic mass is 10.0. The number of anilines is 1. The van der Waals surface area contributed by atoms with Crippen LogP contribution in [0.4, 0.5) is 5.69 Å². The molecule has 0 bridgehead atoms. The quantitative estimate of drug-likeness (QED) is 0.0841. The largest absolute Gasteiger partial charge is 0.493 e. The van der Waals surface area contributed by atoms with E-state index in [-0.39, 0.29) is 6.61 Å². The number of benzene rings is 2. The summed E-state index contributed by atoms with van der Waals surface area (Å²) in [5, 5.41) is 19.8. The van der Waals surface area contributed by atoms with Crippen molar-refractivity contribution in [1.82, 2.24) is 4.98 Å². The van der Waals surface area contributed by atoms with Crippen molar-refractivity contribution in [2.24, 2.45) is 0 Å². The number of aromatic nitrogens is 1. The number of pyridine rings is 1. The number of hydrogen-bond donors (Lipinski definition) is 2. The molecule has 2 aromatic carbocycles. The van der Waals surface area contributed by atoms with Crippen molar-refractivity contribution < 1.29 is 29.3 Å². The van der Waals surface area contributed by atoms with E-state index in [0.29, 0.717) is 23.8 Å². The summed E-state index contributed by atoms with van der Waals surface area (Å²) in [6.07, 6.45) is 20.8. The van der Waals surface area contributed by atoms with Crippen LogP contribution in [0.15, 0.2) is 54.6 Å². The zero-order valence-electron chi connectivity index (χ0n) is 27.8. The maximum Gasteiger partial charge on any atom is 0.323 e. The minimum atomic E-state index is -1.12. The fourth-order valence-corrected chi connectivity index (χ4v) is 5.66. The Morgan fingerprint density at radius 1 is 0.652 bits per heavy atom. The van der Waals surface area contributed by atoms with Crippen molar-refractivity contribution in [3.05, 3.63) is 60.3 Å². The smallest absolute Gasteiger partial charge is 0.323 e. The number of carboxylic acid groups (broad SMARTS) is 2. The van der Waals surface area contributed by atoms with E-state index in [0.717, 1.165) is 29.4 Å². The predicted octanol–water partition coefficient (Wildman–Crippen LogP) is 9.43. The molecule has 0 saturated carbocycles. The minimum absolute atomic E-state index is 0.199. The van der Waals surface area contributed by atoms with Gasteiger partial charge in [0.05, 0.1) is 17.8 Å². The summed E-state index contributed by atoms with van der Waals surface area (Å²) in [7, 11) is 0. The SMILES string of the molecule is CCCCCCCCCCCCCCCCCCOc1cc(OCc2ccc3ccccc3n2)cc(N(CC(=O)O)CC(=O)O)c1. The number of unbranched alkanes of at least 4 members (excludes halogenated alkanes) is 15. The Hall–Kier alpha value is -3.81. The first-order chi connectivity index (χ1) is 22.4. The van der Waals surface area contributed by atoms with Crippen LogP contribution < -0.4 is 14.4 Å². The summed E-state index contributed by atoms with van der Waals surface area (Å²) in [5.74, 6) is -1.27. The van der Waals surface area contributed by atoms with Crippen LogP contribution in [0.1, 0.15) is 115 Å². The summed E-state index contributed by atoms with van der Waals surface area (Å²) in [6.45, 7) is 2.07. The molecule has 3 rings (SSSR count). The first-order valence-corrected chi connectivity index (χ1v) is 17.4. The fraction of sp³-hybridized carbons (Fsp3) is 0.553. The number of fused-ring (bicyclic) bond motifs is 1. The number of carboxylic acids is 2. The predicted molar refractivity (Wildman–Crippen MR) is 185 cm³/mol. The molecule has 0 amide bonds. The van der Waals surface area contributed by atoms with Gasteiger partial charge in [0.15, 0.2) is 0 Å². The molecule has 0 atom stereocenters. The van der Waals surface area contributed by atoms with E-state index in [9.17, 15) is 19.8 Å². The Morgan fingerprint density at radius 2 is 1.17 bits per heavy atom. The van der Waals surface area contributed by atoms with Crippen LogP contribution in [-0.4, -0.2) is 46.8 Å². The van der Waals surface area contributed by atoms with Crippen molar-refractivity contribution in [2.75, 3.05) is 24.6 Å². The molecule has 0 aliphatic rings. The third-order valence-electron chi connectivity index (χ3n) is 8.19. The lowest BCUT2D eigenvalue weighted by Crippen LogP contribution is -2.34.